The van der Waals surface area contributed by atoms with E-state index in [4.69, 9.17) is 20.3 Å². The van der Waals surface area contributed by atoms with Gasteiger partial charge in [0.2, 0.25) is 6.29 Å². The minimum Gasteiger partial charge on any atom is -0.462 e. The van der Waals surface area contributed by atoms with Gasteiger partial charge < -0.3 is 30.5 Å². The molecule has 3 unspecified atom stereocenters. The molecule has 0 heterocycles. The van der Waals surface area contributed by atoms with Gasteiger partial charge in [-0.15, -0.1) is 0 Å². The van der Waals surface area contributed by atoms with E-state index in [9.17, 15) is 10.2 Å². The van der Waals surface area contributed by atoms with E-state index in [1.807, 2.05) is 24.3 Å². The van der Waals surface area contributed by atoms with Gasteiger partial charge in [-0.05, 0) is 50.4 Å². The molecule has 0 saturated heterocycles. The average Bonchev–Trinajstić information content (AvgIpc) is 2.52. The topological polar surface area (TPSA) is 105 Å². The predicted molar refractivity (Wildman–Crippen MR) is 83.6 cm³/mol. The lowest BCUT2D eigenvalue weighted by Gasteiger charge is -2.23. The molecule has 0 fully saturated rings. The number of benzene rings is 1. The summed E-state index contributed by atoms with van der Waals surface area (Å²) >= 11 is 0. The Morgan fingerprint density at radius 1 is 1.14 bits per heavy atom. The van der Waals surface area contributed by atoms with Gasteiger partial charge in [0.25, 0.3) is 0 Å². The number of aryl methyl sites for hydroxylation is 1. The minimum absolute atomic E-state index is 0.108. The van der Waals surface area contributed by atoms with Crippen LogP contribution in [0.25, 0.3) is 0 Å². The van der Waals surface area contributed by atoms with Crippen molar-refractivity contribution in [3.8, 4) is 5.75 Å². The number of rotatable bonds is 11. The number of hydrogen-bond donors (Lipinski definition) is 4. The number of aliphatic hydroxyl groups excluding tert-OH is 3. The molecular formula is C16H27NO5. The van der Waals surface area contributed by atoms with Crippen molar-refractivity contribution in [3.05, 3.63) is 29.8 Å². The zero-order valence-corrected chi connectivity index (χ0v) is 13.0. The molecule has 0 bridgehead atoms. The van der Waals surface area contributed by atoms with Gasteiger partial charge in [0.15, 0.2) is 0 Å². The summed E-state index contributed by atoms with van der Waals surface area (Å²) in [6.07, 6.45) is 0.267. The lowest BCUT2D eigenvalue weighted by molar-refractivity contribution is -0.157. The number of unbranched alkanes of at least 4 members (excludes halogenated alkanes) is 1. The molecule has 0 aromatic heterocycles. The largest absolute Gasteiger partial charge is 0.462 e. The van der Waals surface area contributed by atoms with Crippen molar-refractivity contribution < 1.29 is 24.8 Å². The van der Waals surface area contributed by atoms with E-state index in [0.29, 0.717) is 12.3 Å². The molecule has 0 aliphatic carbocycles. The molecule has 1 aromatic carbocycles. The SMILES string of the molecule is CC(O)C(OCC(O)CO)Oc1ccc(CCCCN)cc1. The summed E-state index contributed by atoms with van der Waals surface area (Å²) in [5.41, 5.74) is 6.67. The first-order valence-corrected chi connectivity index (χ1v) is 7.61. The molecule has 0 aliphatic heterocycles. The Balaban J connectivity index is 2.50. The lowest BCUT2D eigenvalue weighted by Crippen LogP contribution is -2.35. The van der Waals surface area contributed by atoms with Gasteiger partial charge >= 0.3 is 0 Å². The minimum atomic E-state index is -0.991. The van der Waals surface area contributed by atoms with Crippen LogP contribution in [0.3, 0.4) is 0 Å². The normalized spacial score (nSPS) is 15.3. The van der Waals surface area contributed by atoms with Gasteiger partial charge in [0.05, 0.1) is 13.2 Å². The fourth-order valence-electron chi connectivity index (χ4n) is 1.87. The molecule has 0 spiro atoms. The second-order valence-corrected chi connectivity index (χ2v) is 5.29. The first-order chi connectivity index (χ1) is 10.6. The van der Waals surface area contributed by atoms with Gasteiger partial charge in [-0.25, -0.2) is 0 Å². The van der Waals surface area contributed by atoms with E-state index in [0.717, 1.165) is 19.3 Å². The molecule has 5 N–H and O–H groups in total. The molecule has 1 aromatic rings. The third kappa shape index (κ3) is 7.20. The van der Waals surface area contributed by atoms with Crippen molar-refractivity contribution in [2.45, 2.75) is 44.7 Å². The average molecular weight is 313 g/mol. The van der Waals surface area contributed by atoms with E-state index in [-0.39, 0.29) is 6.61 Å². The maximum atomic E-state index is 9.65. The number of ether oxygens (including phenoxy) is 2. The zero-order valence-electron chi connectivity index (χ0n) is 13.0. The Bertz CT molecular complexity index is 396. The second kappa shape index (κ2) is 10.5. The van der Waals surface area contributed by atoms with Crippen molar-refractivity contribution in [2.75, 3.05) is 19.8 Å². The zero-order chi connectivity index (χ0) is 16.4. The van der Waals surface area contributed by atoms with Gasteiger partial charge in [0, 0.05) is 0 Å². The molecule has 3 atom stereocenters. The van der Waals surface area contributed by atoms with Crippen LogP contribution in [-0.4, -0.2) is 53.6 Å². The van der Waals surface area contributed by atoms with Crippen molar-refractivity contribution in [1.29, 1.82) is 0 Å². The summed E-state index contributed by atoms with van der Waals surface area (Å²) in [4.78, 5) is 0. The summed E-state index contributed by atoms with van der Waals surface area (Å²) in [5.74, 6) is 0.576. The standard InChI is InChI=1S/C16H27NO5/c1-12(19)16(21-11-14(20)10-18)22-15-7-5-13(6-8-15)4-2-3-9-17/h5-8,12,14,16,18-20H,2-4,9-11,17H2,1H3. The van der Waals surface area contributed by atoms with Crippen LogP contribution in [0.15, 0.2) is 24.3 Å². The van der Waals surface area contributed by atoms with Crippen molar-refractivity contribution >= 4 is 0 Å². The number of aliphatic hydroxyl groups is 3. The lowest BCUT2D eigenvalue weighted by atomic mass is 10.1. The quantitative estimate of drug-likeness (QED) is 0.349. The van der Waals surface area contributed by atoms with E-state index < -0.39 is 25.1 Å². The Kier molecular flexibility index (Phi) is 9.03. The summed E-state index contributed by atoms with van der Waals surface area (Å²) in [5, 5.41) is 27.7. The molecule has 22 heavy (non-hydrogen) atoms. The fraction of sp³-hybridized carbons (Fsp3) is 0.625. The van der Waals surface area contributed by atoms with Crippen LogP contribution in [0.5, 0.6) is 5.75 Å². The Morgan fingerprint density at radius 3 is 2.36 bits per heavy atom. The maximum Gasteiger partial charge on any atom is 0.225 e. The summed E-state index contributed by atoms with van der Waals surface area (Å²) in [6.45, 7) is 1.73. The van der Waals surface area contributed by atoms with E-state index >= 15 is 0 Å². The van der Waals surface area contributed by atoms with Gasteiger partial charge in [-0.1, -0.05) is 12.1 Å². The van der Waals surface area contributed by atoms with Crippen LogP contribution in [0.1, 0.15) is 25.3 Å². The molecule has 6 heteroatoms. The van der Waals surface area contributed by atoms with Crippen molar-refractivity contribution in [1.82, 2.24) is 0 Å². The summed E-state index contributed by atoms with van der Waals surface area (Å²) < 4.78 is 10.8. The molecule has 0 radical (unpaired) electrons. The second-order valence-electron chi connectivity index (χ2n) is 5.29. The molecule has 6 nitrogen and oxygen atoms in total. The van der Waals surface area contributed by atoms with Crippen LogP contribution in [0, 0.1) is 0 Å². The van der Waals surface area contributed by atoms with E-state index in [2.05, 4.69) is 0 Å². The van der Waals surface area contributed by atoms with E-state index in [1.54, 1.807) is 0 Å². The smallest absolute Gasteiger partial charge is 0.225 e. The highest BCUT2D eigenvalue weighted by atomic mass is 16.7. The number of nitrogens with two attached hydrogens (primary N) is 1. The van der Waals surface area contributed by atoms with Crippen LogP contribution in [0.4, 0.5) is 0 Å². The van der Waals surface area contributed by atoms with Gasteiger partial charge in [0.1, 0.15) is 18.0 Å². The number of hydrogen-bond acceptors (Lipinski definition) is 6. The van der Waals surface area contributed by atoms with Crippen LogP contribution >= 0.6 is 0 Å². The molecule has 0 saturated carbocycles. The highest BCUT2D eigenvalue weighted by Crippen LogP contribution is 2.17. The maximum absolute atomic E-state index is 9.65. The van der Waals surface area contributed by atoms with E-state index in [1.165, 1.54) is 12.5 Å². The first kappa shape index (κ1) is 18.9. The van der Waals surface area contributed by atoms with Crippen LogP contribution < -0.4 is 10.5 Å². The molecule has 0 aliphatic rings. The van der Waals surface area contributed by atoms with Gasteiger partial charge in [-0.3, -0.25) is 0 Å². The predicted octanol–water partition coefficient (Wildman–Crippen LogP) is 0.423. The third-order valence-electron chi connectivity index (χ3n) is 3.15. The first-order valence-electron chi connectivity index (χ1n) is 7.61. The van der Waals surface area contributed by atoms with Crippen LogP contribution in [-0.2, 0) is 11.2 Å². The Hall–Kier alpha value is -1.18. The fourth-order valence-corrected chi connectivity index (χ4v) is 1.87. The van der Waals surface area contributed by atoms with Crippen molar-refractivity contribution in [3.63, 3.8) is 0 Å². The monoisotopic (exact) mass is 313 g/mol. The Morgan fingerprint density at radius 2 is 1.82 bits per heavy atom. The van der Waals surface area contributed by atoms with Gasteiger partial charge in [-0.2, -0.15) is 0 Å². The van der Waals surface area contributed by atoms with Crippen molar-refractivity contribution in [2.24, 2.45) is 5.73 Å². The molecule has 126 valence electrons. The third-order valence-corrected chi connectivity index (χ3v) is 3.15. The van der Waals surface area contributed by atoms with Crippen LogP contribution in [0.2, 0.25) is 0 Å². The highest BCUT2D eigenvalue weighted by molar-refractivity contribution is 5.27. The molecule has 0 amide bonds. The molecular weight excluding hydrogens is 286 g/mol. The Labute approximate surface area is 131 Å². The summed E-state index contributed by atoms with van der Waals surface area (Å²) in [6, 6.07) is 7.57. The molecule has 1 rings (SSSR count). The summed E-state index contributed by atoms with van der Waals surface area (Å²) in [7, 11) is 0. The highest BCUT2D eigenvalue weighted by Gasteiger charge is 2.19.